The molecule has 1 aliphatic heterocycles. The minimum absolute atomic E-state index is 0.0191. The summed E-state index contributed by atoms with van der Waals surface area (Å²) in [6, 6.07) is 5.95. The number of amides is 2. The van der Waals surface area contributed by atoms with E-state index in [0.29, 0.717) is 13.2 Å². The summed E-state index contributed by atoms with van der Waals surface area (Å²) in [7, 11) is 1.58. The molecule has 114 valence electrons. The largest absolute Gasteiger partial charge is 0.497 e. The van der Waals surface area contributed by atoms with Crippen molar-refractivity contribution in [3.05, 3.63) is 29.8 Å². The summed E-state index contributed by atoms with van der Waals surface area (Å²) in [5.41, 5.74) is 0.907. The van der Waals surface area contributed by atoms with Gasteiger partial charge in [-0.25, -0.2) is 9.59 Å². The fourth-order valence-electron chi connectivity index (χ4n) is 2.07. The van der Waals surface area contributed by atoms with Crippen molar-refractivity contribution in [2.24, 2.45) is 0 Å². The number of hydrogen-bond donors (Lipinski definition) is 2. The Labute approximate surface area is 122 Å². The molecule has 1 aliphatic rings. The van der Waals surface area contributed by atoms with Crippen LogP contribution < -0.4 is 10.1 Å². The van der Waals surface area contributed by atoms with Crippen molar-refractivity contribution in [2.75, 3.05) is 26.9 Å². The van der Waals surface area contributed by atoms with Crippen molar-refractivity contribution < 1.29 is 24.2 Å². The Morgan fingerprint density at radius 3 is 2.76 bits per heavy atom. The maximum Gasteiger partial charge on any atom is 0.328 e. The van der Waals surface area contributed by atoms with E-state index < -0.39 is 18.0 Å². The maximum absolute atomic E-state index is 12.1. The molecule has 1 unspecified atom stereocenters. The Balaban J connectivity index is 1.91. The predicted molar refractivity (Wildman–Crippen MR) is 74.2 cm³/mol. The molecular formula is C14H18N2O5. The highest BCUT2D eigenvalue weighted by Gasteiger charge is 2.32. The molecule has 1 saturated heterocycles. The van der Waals surface area contributed by atoms with E-state index in [2.05, 4.69) is 5.32 Å². The minimum atomic E-state index is -1.06. The van der Waals surface area contributed by atoms with E-state index >= 15 is 0 Å². The number of carboxylic acids is 1. The van der Waals surface area contributed by atoms with Gasteiger partial charge in [0.05, 0.1) is 20.3 Å². The van der Waals surface area contributed by atoms with Crippen molar-refractivity contribution >= 4 is 12.0 Å². The van der Waals surface area contributed by atoms with Gasteiger partial charge >= 0.3 is 12.0 Å². The summed E-state index contributed by atoms with van der Waals surface area (Å²) < 4.78 is 10.2. The first-order valence-electron chi connectivity index (χ1n) is 6.60. The van der Waals surface area contributed by atoms with E-state index in [9.17, 15) is 9.59 Å². The molecule has 2 amide bonds. The zero-order chi connectivity index (χ0) is 15.2. The van der Waals surface area contributed by atoms with Crippen LogP contribution in [0.1, 0.15) is 5.56 Å². The monoisotopic (exact) mass is 294 g/mol. The Kier molecular flexibility index (Phi) is 4.99. The van der Waals surface area contributed by atoms with Crippen molar-refractivity contribution in [1.29, 1.82) is 0 Å². The molecule has 0 spiro atoms. The third-order valence-corrected chi connectivity index (χ3v) is 3.28. The zero-order valence-electron chi connectivity index (χ0n) is 11.7. The Bertz CT molecular complexity index is 503. The average molecular weight is 294 g/mol. The van der Waals surface area contributed by atoms with E-state index in [-0.39, 0.29) is 13.2 Å². The van der Waals surface area contributed by atoms with Crippen molar-refractivity contribution in [3.8, 4) is 5.75 Å². The van der Waals surface area contributed by atoms with Crippen LogP contribution in [0.25, 0.3) is 0 Å². The first-order valence-corrected chi connectivity index (χ1v) is 6.60. The Morgan fingerprint density at radius 2 is 2.14 bits per heavy atom. The lowest BCUT2D eigenvalue weighted by molar-refractivity contribution is -0.147. The van der Waals surface area contributed by atoms with Gasteiger partial charge in [0.25, 0.3) is 0 Å². The summed E-state index contributed by atoms with van der Waals surface area (Å²) in [6.07, 6.45) is 0. The Hall–Kier alpha value is -2.28. The zero-order valence-corrected chi connectivity index (χ0v) is 11.7. The summed E-state index contributed by atoms with van der Waals surface area (Å²) in [5, 5.41) is 11.8. The van der Waals surface area contributed by atoms with Crippen molar-refractivity contribution in [3.63, 3.8) is 0 Å². The second-order valence-electron chi connectivity index (χ2n) is 4.63. The molecular weight excluding hydrogens is 276 g/mol. The first kappa shape index (κ1) is 15.1. The fraction of sp³-hybridized carbons (Fsp3) is 0.429. The van der Waals surface area contributed by atoms with E-state index in [4.69, 9.17) is 14.6 Å². The van der Waals surface area contributed by atoms with Gasteiger partial charge in [-0.2, -0.15) is 0 Å². The number of benzene rings is 1. The highest BCUT2D eigenvalue weighted by atomic mass is 16.5. The van der Waals surface area contributed by atoms with Crippen LogP contribution in [0, 0.1) is 0 Å². The number of aliphatic carboxylic acids is 1. The van der Waals surface area contributed by atoms with Gasteiger partial charge in [-0.1, -0.05) is 12.1 Å². The fourth-order valence-corrected chi connectivity index (χ4v) is 2.07. The van der Waals surface area contributed by atoms with Gasteiger partial charge in [-0.15, -0.1) is 0 Å². The van der Waals surface area contributed by atoms with Crippen molar-refractivity contribution in [1.82, 2.24) is 10.2 Å². The number of nitrogens with one attached hydrogen (secondary N) is 1. The number of hydrogen-bond acceptors (Lipinski definition) is 4. The van der Waals surface area contributed by atoms with Gasteiger partial charge in [-0.3, -0.25) is 0 Å². The van der Waals surface area contributed by atoms with Gasteiger partial charge in [0.1, 0.15) is 5.75 Å². The molecule has 0 saturated carbocycles. The lowest BCUT2D eigenvalue weighted by atomic mass is 10.2. The third kappa shape index (κ3) is 3.85. The van der Waals surface area contributed by atoms with Crippen LogP contribution in [0.2, 0.25) is 0 Å². The van der Waals surface area contributed by atoms with Gasteiger partial charge in [0, 0.05) is 13.1 Å². The number of morpholine rings is 1. The van der Waals surface area contributed by atoms with Crippen LogP contribution in [0.3, 0.4) is 0 Å². The molecule has 21 heavy (non-hydrogen) atoms. The van der Waals surface area contributed by atoms with E-state index in [0.717, 1.165) is 11.3 Å². The standard InChI is InChI=1S/C14H18N2O5/c1-20-11-4-2-10(3-5-11)8-15-14(19)16-6-7-21-9-12(16)13(17)18/h2-5,12H,6-9H2,1H3,(H,15,19)(H,17,18). The highest BCUT2D eigenvalue weighted by molar-refractivity contribution is 5.83. The number of rotatable bonds is 4. The van der Waals surface area contributed by atoms with E-state index in [1.165, 1.54) is 4.90 Å². The Morgan fingerprint density at radius 1 is 1.43 bits per heavy atom. The molecule has 1 aromatic rings. The lowest BCUT2D eigenvalue weighted by Gasteiger charge is -2.32. The second-order valence-corrected chi connectivity index (χ2v) is 4.63. The van der Waals surface area contributed by atoms with E-state index in [1.807, 2.05) is 12.1 Å². The molecule has 7 nitrogen and oxygen atoms in total. The molecule has 1 aromatic carbocycles. The molecule has 1 fully saturated rings. The molecule has 1 atom stereocenters. The van der Waals surface area contributed by atoms with Crippen LogP contribution in [0.5, 0.6) is 5.75 Å². The molecule has 0 aliphatic carbocycles. The van der Waals surface area contributed by atoms with Gasteiger partial charge in [0.15, 0.2) is 6.04 Å². The maximum atomic E-state index is 12.1. The third-order valence-electron chi connectivity index (χ3n) is 3.28. The second kappa shape index (κ2) is 6.94. The predicted octanol–water partition coefficient (Wildman–Crippen LogP) is 0.690. The summed E-state index contributed by atoms with van der Waals surface area (Å²) in [6.45, 7) is 0.961. The van der Waals surface area contributed by atoms with Crippen LogP contribution >= 0.6 is 0 Å². The first-order chi connectivity index (χ1) is 10.1. The van der Waals surface area contributed by atoms with Crippen LogP contribution in [0.4, 0.5) is 4.79 Å². The lowest BCUT2D eigenvalue weighted by Crippen LogP contribution is -2.55. The van der Waals surface area contributed by atoms with E-state index in [1.54, 1.807) is 19.2 Å². The van der Waals surface area contributed by atoms with Gasteiger partial charge < -0.3 is 24.8 Å². The number of carboxylic acid groups (broad SMARTS) is 1. The molecule has 0 radical (unpaired) electrons. The van der Waals surface area contributed by atoms with Gasteiger partial charge in [-0.05, 0) is 17.7 Å². The number of carbonyl (C=O) groups excluding carboxylic acids is 1. The molecule has 1 heterocycles. The van der Waals surface area contributed by atoms with Crippen molar-refractivity contribution in [2.45, 2.75) is 12.6 Å². The molecule has 0 bridgehead atoms. The molecule has 7 heteroatoms. The van der Waals surface area contributed by atoms with Gasteiger partial charge in [0.2, 0.25) is 0 Å². The number of methoxy groups -OCH3 is 1. The number of carbonyl (C=O) groups is 2. The number of ether oxygens (including phenoxy) is 2. The summed E-state index contributed by atoms with van der Waals surface area (Å²) in [5.74, 6) is -0.321. The minimum Gasteiger partial charge on any atom is -0.497 e. The quantitative estimate of drug-likeness (QED) is 0.853. The number of nitrogens with zero attached hydrogens (tertiary/aromatic N) is 1. The van der Waals surface area contributed by atoms with Crippen LogP contribution in [-0.4, -0.2) is 54.9 Å². The average Bonchev–Trinajstić information content (AvgIpc) is 2.53. The summed E-state index contributed by atoms with van der Waals surface area (Å²) in [4.78, 5) is 24.5. The van der Waals surface area contributed by atoms with Crippen LogP contribution in [0.15, 0.2) is 24.3 Å². The molecule has 2 N–H and O–H groups in total. The normalized spacial score (nSPS) is 18.1. The number of urea groups is 1. The SMILES string of the molecule is COc1ccc(CNC(=O)N2CCOCC2C(=O)O)cc1. The summed E-state index contributed by atoms with van der Waals surface area (Å²) >= 11 is 0. The topological polar surface area (TPSA) is 88.1 Å². The molecule has 2 rings (SSSR count). The smallest absolute Gasteiger partial charge is 0.328 e. The van der Waals surface area contributed by atoms with Crippen LogP contribution in [-0.2, 0) is 16.1 Å². The molecule has 0 aromatic heterocycles. The highest BCUT2D eigenvalue weighted by Crippen LogP contribution is 2.12.